The van der Waals surface area contributed by atoms with Crippen molar-refractivity contribution in [3.63, 3.8) is 0 Å². The van der Waals surface area contributed by atoms with Crippen LogP contribution in [0.5, 0.6) is 0 Å². The van der Waals surface area contributed by atoms with Crippen LogP contribution in [0.3, 0.4) is 0 Å². The van der Waals surface area contributed by atoms with Crippen LogP contribution in [0, 0.1) is 5.92 Å². The van der Waals surface area contributed by atoms with E-state index in [4.69, 9.17) is 4.74 Å². The average molecular weight is 298 g/mol. The molecule has 0 aliphatic heterocycles. The normalized spacial score (nSPS) is 11.2. The number of methoxy groups -OCH3 is 1. The molecule has 1 atom stereocenters. The minimum atomic E-state index is 0.116. The fourth-order valence-electron chi connectivity index (χ4n) is 2.13. The highest BCUT2D eigenvalue weighted by molar-refractivity contribution is 5.62. The van der Waals surface area contributed by atoms with Crippen molar-refractivity contribution in [2.75, 3.05) is 13.7 Å². The molecule has 2 aromatic rings. The lowest BCUT2D eigenvalue weighted by atomic mass is 10.1. The van der Waals surface area contributed by atoms with Crippen molar-refractivity contribution < 1.29 is 9.53 Å². The van der Waals surface area contributed by atoms with Gasteiger partial charge in [-0.05, 0) is 17.5 Å². The third-order valence-electron chi connectivity index (χ3n) is 3.38. The molecule has 0 aromatic heterocycles. The van der Waals surface area contributed by atoms with Crippen LogP contribution in [-0.2, 0) is 9.53 Å². The summed E-state index contributed by atoms with van der Waals surface area (Å²) in [6, 6.07) is 20.8. The van der Waals surface area contributed by atoms with Crippen LogP contribution in [0.15, 0.2) is 60.7 Å². The van der Waals surface area contributed by atoms with Crippen LogP contribution >= 0.6 is 0 Å². The summed E-state index contributed by atoms with van der Waals surface area (Å²) in [6.07, 6.45) is 4.22. The molecule has 0 heterocycles. The molecule has 0 N–H and O–H groups in total. The van der Waals surface area contributed by atoms with E-state index in [0.29, 0.717) is 6.61 Å². The van der Waals surface area contributed by atoms with Gasteiger partial charge in [0.2, 0.25) is 0 Å². The van der Waals surface area contributed by atoms with Crippen LogP contribution in [0.25, 0.3) is 11.1 Å². The summed E-state index contributed by atoms with van der Waals surface area (Å²) in [4.78, 5) is 10.3. The topological polar surface area (TPSA) is 26.3 Å². The number of hydrogen-bond acceptors (Lipinski definition) is 2. The van der Waals surface area contributed by atoms with E-state index in [9.17, 15) is 4.79 Å². The molecule has 22 heavy (non-hydrogen) atoms. The van der Waals surface area contributed by atoms with E-state index < -0.39 is 0 Å². The van der Waals surface area contributed by atoms with Crippen molar-refractivity contribution >= 4 is 6.29 Å². The first kappa shape index (κ1) is 18.1. The Balaban J connectivity index is 0.000000225. The monoisotopic (exact) mass is 298 g/mol. The molecule has 2 nitrogen and oxygen atoms in total. The molecule has 0 saturated heterocycles. The second kappa shape index (κ2) is 11.7. The van der Waals surface area contributed by atoms with Crippen molar-refractivity contribution in [1.82, 2.24) is 0 Å². The largest absolute Gasteiger partial charge is 0.384 e. The van der Waals surface area contributed by atoms with Gasteiger partial charge in [-0.3, -0.25) is 0 Å². The molecule has 2 rings (SSSR count). The number of carbonyl (C=O) groups is 1. The van der Waals surface area contributed by atoms with E-state index in [1.807, 2.05) is 12.1 Å². The molecule has 0 bridgehead atoms. The molecule has 0 radical (unpaired) electrons. The summed E-state index contributed by atoms with van der Waals surface area (Å²) in [7, 11) is 1.63. The van der Waals surface area contributed by atoms with Crippen LogP contribution in [-0.4, -0.2) is 20.0 Å². The predicted molar refractivity (Wildman–Crippen MR) is 92.8 cm³/mol. The SMILES string of the molecule is CCCCC(C=O)COC.c1ccc(-c2ccccc2)cc1. The highest BCUT2D eigenvalue weighted by Gasteiger charge is 2.04. The van der Waals surface area contributed by atoms with Gasteiger partial charge in [0.15, 0.2) is 0 Å². The Kier molecular flexibility index (Phi) is 9.64. The zero-order valence-corrected chi connectivity index (χ0v) is 13.6. The number of ether oxygens (including phenoxy) is 1. The number of carbonyl (C=O) groups excluding carboxylic acids is 1. The van der Waals surface area contributed by atoms with Crippen molar-refractivity contribution in [2.45, 2.75) is 26.2 Å². The zero-order chi connectivity index (χ0) is 16.0. The van der Waals surface area contributed by atoms with Gasteiger partial charge in [-0.25, -0.2) is 0 Å². The van der Waals surface area contributed by atoms with E-state index in [0.717, 1.165) is 25.5 Å². The number of aldehydes is 1. The summed E-state index contributed by atoms with van der Waals surface area (Å²) in [5, 5.41) is 0. The van der Waals surface area contributed by atoms with Crippen LogP contribution in [0.2, 0.25) is 0 Å². The Bertz CT molecular complexity index is 456. The Morgan fingerprint density at radius 1 is 0.955 bits per heavy atom. The third kappa shape index (κ3) is 7.19. The lowest BCUT2D eigenvalue weighted by Crippen LogP contribution is -2.08. The zero-order valence-electron chi connectivity index (χ0n) is 13.6. The van der Waals surface area contributed by atoms with Crippen LogP contribution in [0.1, 0.15) is 26.2 Å². The maximum atomic E-state index is 10.3. The highest BCUT2D eigenvalue weighted by Crippen LogP contribution is 2.17. The van der Waals surface area contributed by atoms with E-state index in [2.05, 4.69) is 55.5 Å². The first-order valence-corrected chi connectivity index (χ1v) is 7.86. The summed E-state index contributed by atoms with van der Waals surface area (Å²) < 4.78 is 4.86. The van der Waals surface area contributed by atoms with E-state index in [-0.39, 0.29) is 5.92 Å². The third-order valence-corrected chi connectivity index (χ3v) is 3.38. The molecular weight excluding hydrogens is 272 g/mol. The van der Waals surface area contributed by atoms with Gasteiger partial charge >= 0.3 is 0 Å². The van der Waals surface area contributed by atoms with Gasteiger partial charge in [-0.2, -0.15) is 0 Å². The highest BCUT2D eigenvalue weighted by atomic mass is 16.5. The van der Waals surface area contributed by atoms with Crippen molar-refractivity contribution in [1.29, 1.82) is 0 Å². The average Bonchev–Trinajstić information content (AvgIpc) is 2.61. The van der Waals surface area contributed by atoms with Gasteiger partial charge in [0.05, 0.1) is 6.61 Å². The van der Waals surface area contributed by atoms with E-state index in [1.165, 1.54) is 11.1 Å². The lowest BCUT2D eigenvalue weighted by molar-refractivity contribution is -0.112. The number of hydrogen-bond donors (Lipinski definition) is 0. The van der Waals surface area contributed by atoms with Gasteiger partial charge in [-0.1, -0.05) is 80.4 Å². The Labute approximate surface area is 134 Å². The second-order valence-corrected chi connectivity index (χ2v) is 5.23. The fourth-order valence-corrected chi connectivity index (χ4v) is 2.13. The van der Waals surface area contributed by atoms with Crippen LogP contribution in [0.4, 0.5) is 0 Å². The molecule has 2 aromatic carbocycles. The molecule has 0 spiro atoms. The second-order valence-electron chi connectivity index (χ2n) is 5.23. The number of rotatable bonds is 7. The van der Waals surface area contributed by atoms with Gasteiger partial charge < -0.3 is 9.53 Å². The minimum absolute atomic E-state index is 0.116. The molecule has 0 fully saturated rings. The maximum absolute atomic E-state index is 10.3. The van der Waals surface area contributed by atoms with Crippen molar-refractivity contribution in [3.05, 3.63) is 60.7 Å². The van der Waals surface area contributed by atoms with E-state index in [1.54, 1.807) is 7.11 Å². The standard InChI is InChI=1S/C12H10.C8H16O2/c1-3-7-11(8-4-1)12-9-5-2-6-10-12;1-3-4-5-8(6-9)7-10-2/h1-10H;6,8H,3-5,7H2,1-2H3. The summed E-state index contributed by atoms with van der Waals surface area (Å²) in [5.41, 5.74) is 2.55. The summed E-state index contributed by atoms with van der Waals surface area (Å²) >= 11 is 0. The predicted octanol–water partition coefficient (Wildman–Crippen LogP) is 4.99. The fraction of sp³-hybridized carbons (Fsp3) is 0.350. The van der Waals surface area contributed by atoms with Crippen molar-refractivity contribution in [3.8, 4) is 11.1 Å². The Morgan fingerprint density at radius 3 is 1.82 bits per heavy atom. The smallest absolute Gasteiger partial charge is 0.125 e. The molecular formula is C20H26O2. The Hall–Kier alpha value is -1.93. The minimum Gasteiger partial charge on any atom is -0.384 e. The summed E-state index contributed by atoms with van der Waals surface area (Å²) in [5.74, 6) is 0.116. The molecule has 0 aliphatic carbocycles. The molecule has 2 heteroatoms. The molecule has 118 valence electrons. The maximum Gasteiger partial charge on any atom is 0.125 e. The van der Waals surface area contributed by atoms with Crippen molar-refractivity contribution in [2.24, 2.45) is 5.92 Å². The van der Waals surface area contributed by atoms with Gasteiger partial charge in [0.1, 0.15) is 6.29 Å². The van der Waals surface area contributed by atoms with E-state index >= 15 is 0 Å². The first-order valence-electron chi connectivity index (χ1n) is 7.86. The lowest BCUT2D eigenvalue weighted by Gasteiger charge is -2.06. The Morgan fingerprint density at radius 2 is 1.45 bits per heavy atom. The number of unbranched alkanes of at least 4 members (excludes halogenated alkanes) is 1. The molecule has 0 amide bonds. The van der Waals surface area contributed by atoms with Crippen LogP contribution < -0.4 is 0 Å². The van der Waals surface area contributed by atoms with Gasteiger partial charge in [0, 0.05) is 13.0 Å². The van der Waals surface area contributed by atoms with Gasteiger partial charge in [-0.15, -0.1) is 0 Å². The summed E-state index contributed by atoms with van der Waals surface area (Å²) in [6.45, 7) is 2.69. The quantitative estimate of drug-likeness (QED) is 0.673. The number of benzene rings is 2. The molecule has 0 aliphatic rings. The molecule has 0 saturated carbocycles. The van der Waals surface area contributed by atoms with Gasteiger partial charge in [0.25, 0.3) is 0 Å². The molecule has 1 unspecified atom stereocenters. The first-order chi connectivity index (χ1) is 10.8.